The van der Waals surface area contributed by atoms with Gasteiger partial charge in [-0.2, -0.15) is 22.0 Å². The smallest absolute Gasteiger partial charge is 0.383 e. The van der Waals surface area contributed by atoms with Crippen LogP contribution in [-0.2, 0) is 11.3 Å². The molecule has 1 amide bonds. The number of hydrogen-bond donors (Lipinski definition) is 3. The average molecular weight is 615 g/mol. The molecular formula is C34H35F5N2O3. The van der Waals surface area contributed by atoms with Crippen LogP contribution in [0.15, 0.2) is 71.3 Å². The maximum atomic E-state index is 15.2. The molecule has 2 unspecified atom stereocenters. The van der Waals surface area contributed by atoms with Crippen molar-refractivity contribution >= 4 is 17.4 Å². The number of carbonyl (C=O) groups excluding carboxylic acids is 2. The number of carbonyl (C=O) groups is 2. The molecule has 2 fully saturated rings. The van der Waals surface area contributed by atoms with Gasteiger partial charge in [0.25, 0.3) is 0 Å². The minimum absolute atomic E-state index is 0.0428. The molecule has 4 N–H and O–H groups in total. The number of alkyl halides is 5. The molecule has 44 heavy (non-hydrogen) atoms. The molecule has 0 heterocycles. The lowest BCUT2D eigenvalue weighted by atomic mass is 9.50. The topological polar surface area (TPSA) is 92.4 Å². The van der Waals surface area contributed by atoms with Crippen molar-refractivity contribution in [3.8, 4) is 0 Å². The normalized spacial score (nSPS) is 30.3. The lowest BCUT2D eigenvalue weighted by Crippen LogP contribution is -2.65. The van der Waals surface area contributed by atoms with E-state index in [4.69, 9.17) is 5.73 Å². The minimum atomic E-state index is -5.88. The third-order valence-corrected chi connectivity index (χ3v) is 10.8. The van der Waals surface area contributed by atoms with Crippen LogP contribution in [0.4, 0.5) is 27.6 Å². The standard InChI is InChI=1S/C34H35F5N2O3/c1-31-17-27(20-4-2-19(3-5-20)18-41-23-9-6-21(7-10-23)30(40)43)29-25-13-11-24(42)16-22(25)8-12-26(29)28(31)14-15-32(31,44)33(35,36)34(37,38)39/h2-7,9-10,16,26-28,41,44H,8,11-15,17-18H2,1H3,(H2,40,43)/t26?,27-,28?,31+,32+/m1/s1. The fraction of sp³-hybridized carbons (Fsp3) is 0.471. The summed E-state index contributed by atoms with van der Waals surface area (Å²) in [5.41, 5.74) is 6.27. The molecule has 4 aliphatic carbocycles. The van der Waals surface area contributed by atoms with Crippen molar-refractivity contribution < 1.29 is 36.6 Å². The van der Waals surface area contributed by atoms with E-state index in [1.807, 2.05) is 24.3 Å². The summed E-state index contributed by atoms with van der Waals surface area (Å²) in [6.07, 6.45) is -2.85. The summed E-state index contributed by atoms with van der Waals surface area (Å²) in [5.74, 6) is -7.02. The van der Waals surface area contributed by atoms with Crippen LogP contribution >= 0.6 is 0 Å². The number of aliphatic hydroxyl groups is 1. The first-order valence-electron chi connectivity index (χ1n) is 15.0. The van der Waals surface area contributed by atoms with Crippen LogP contribution in [-0.4, -0.2) is 34.5 Å². The number of primary amides is 1. The second-order valence-electron chi connectivity index (χ2n) is 13.0. The van der Waals surface area contributed by atoms with E-state index >= 15 is 8.78 Å². The summed E-state index contributed by atoms with van der Waals surface area (Å²) in [6, 6.07) is 14.3. The Balaban J connectivity index is 1.36. The summed E-state index contributed by atoms with van der Waals surface area (Å²) in [6.45, 7) is 1.88. The van der Waals surface area contributed by atoms with Gasteiger partial charge in [-0.05, 0) is 103 Å². The second-order valence-corrected chi connectivity index (χ2v) is 13.0. The Kier molecular flexibility index (Phi) is 7.30. The predicted octanol–water partition coefficient (Wildman–Crippen LogP) is 7.23. The van der Waals surface area contributed by atoms with Gasteiger partial charge in [-0.25, -0.2) is 0 Å². The Morgan fingerprint density at radius 3 is 2.32 bits per heavy atom. The summed E-state index contributed by atoms with van der Waals surface area (Å²) in [7, 11) is 0. The van der Waals surface area contributed by atoms with Crippen LogP contribution < -0.4 is 11.1 Å². The molecular weight excluding hydrogens is 579 g/mol. The van der Waals surface area contributed by atoms with Crippen molar-refractivity contribution in [1.29, 1.82) is 0 Å². The van der Waals surface area contributed by atoms with E-state index < -0.39 is 47.3 Å². The number of nitrogens with two attached hydrogens (primary N) is 1. The Labute approximate surface area is 252 Å². The van der Waals surface area contributed by atoms with Gasteiger partial charge in [0.15, 0.2) is 5.78 Å². The summed E-state index contributed by atoms with van der Waals surface area (Å²) < 4.78 is 71.7. The quantitative estimate of drug-likeness (QED) is 0.300. The number of rotatable bonds is 6. The van der Waals surface area contributed by atoms with Crippen molar-refractivity contribution in [2.24, 2.45) is 23.0 Å². The lowest BCUT2D eigenvalue weighted by Gasteiger charge is -2.56. The van der Waals surface area contributed by atoms with Gasteiger partial charge in [-0.1, -0.05) is 36.8 Å². The summed E-state index contributed by atoms with van der Waals surface area (Å²) >= 11 is 0. The molecule has 2 saturated carbocycles. The second kappa shape index (κ2) is 10.5. The van der Waals surface area contributed by atoms with Crippen LogP contribution in [0, 0.1) is 17.3 Å². The molecule has 234 valence electrons. The zero-order valence-corrected chi connectivity index (χ0v) is 24.3. The molecule has 4 aliphatic rings. The highest BCUT2D eigenvalue weighted by Crippen LogP contribution is 2.70. The van der Waals surface area contributed by atoms with E-state index in [1.54, 1.807) is 30.3 Å². The van der Waals surface area contributed by atoms with Crippen molar-refractivity contribution in [1.82, 2.24) is 0 Å². The Bertz CT molecular complexity index is 1550. The van der Waals surface area contributed by atoms with Crippen LogP contribution in [0.2, 0.25) is 0 Å². The predicted molar refractivity (Wildman–Crippen MR) is 155 cm³/mol. The SMILES string of the molecule is C[C@]12C[C@H](c3ccc(CNc4ccc(C(N)=O)cc4)cc3)C3=C4CCC(=O)C=C4CCC3C1CC[C@@]2(O)C(F)(F)C(F)(F)F. The summed E-state index contributed by atoms with van der Waals surface area (Å²) in [5, 5.41) is 14.7. The van der Waals surface area contributed by atoms with Crippen molar-refractivity contribution in [3.63, 3.8) is 0 Å². The van der Waals surface area contributed by atoms with Gasteiger partial charge in [-0.3, -0.25) is 9.59 Å². The molecule has 6 rings (SSSR count). The highest BCUT2D eigenvalue weighted by atomic mass is 19.4. The number of anilines is 1. The van der Waals surface area contributed by atoms with E-state index in [2.05, 4.69) is 5.32 Å². The fourth-order valence-corrected chi connectivity index (χ4v) is 8.54. The number of fused-ring (bicyclic) bond motifs is 4. The van der Waals surface area contributed by atoms with E-state index in [9.17, 15) is 27.9 Å². The molecule has 2 aromatic carbocycles. The number of allylic oxidation sites excluding steroid dienone is 4. The number of benzene rings is 2. The van der Waals surface area contributed by atoms with Gasteiger partial charge in [0.05, 0.1) is 0 Å². The van der Waals surface area contributed by atoms with Gasteiger partial charge < -0.3 is 16.2 Å². The first kappa shape index (κ1) is 30.5. The van der Waals surface area contributed by atoms with Crippen LogP contribution in [0.3, 0.4) is 0 Å². The monoisotopic (exact) mass is 614 g/mol. The number of hydrogen-bond acceptors (Lipinski definition) is 4. The third-order valence-electron chi connectivity index (χ3n) is 10.8. The minimum Gasteiger partial charge on any atom is -0.383 e. The highest BCUT2D eigenvalue weighted by Gasteiger charge is 2.79. The van der Waals surface area contributed by atoms with Crippen LogP contribution in [0.25, 0.3) is 0 Å². The number of halogens is 5. The van der Waals surface area contributed by atoms with E-state index in [0.29, 0.717) is 37.8 Å². The average Bonchev–Trinajstić information content (AvgIpc) is 3.26. The summed E-state index contributed by atoms with van der Waals surface area (Å²) in [4.78, 5) is 23.6. The maximum absolute atomic E-state index is 15.2. The van der Waals surface area contributed by atoms with Crippen molar-refractivity contribution in [3.05, 3.63) is 88.0 Å². The first-order chi connectivity index (χ1) is 20.7. The number of ketones is 1. The molecule has 0 radical (unpaired) electrons. The first-order valence-corrected chi connectivity index (χ1v) is 15.0. The van der Waals surface area contributed by atoms with Gasteiger partial charge >= 0.3 is 12.1 Å². The fourth-order valence-electron chi connectivity index (χ4n) is 8.54. The molecule has 0 aliphatic heterocycles. The van der Waals surface area contributed by atoms with Gasteiger partial charge in [0, 0.05) is 35.5 Å². The molecule has 10 heteroatoms. The van der Waals surface area contributed by atoms with E-state index in [0.717, 1.165) is 33.5 Å². The Morgan fingerprint density at radius 1 is 1.00 bits per heavy atom. The zero-order valence-electron chi connectivity index (χ0n) is 24.3. The highest BCUT2D eigenvalue weighted by molar-refractivity contribution is 5.93. The van der Waals surface area contributed by atoms with E-state index in [-0.39, 0.29) is 24.5 Å². The molecule has 5 atom stereocenters. The van der Waals surface area contributed by atoms with Crippen LogP contribution in [0.5, 0.6) is 0 Å². The zero-order chi connectivity index (χ0) is 31.7. The molecule has 0 saturated heterocycles. The van der Waals surface area contributed by atoms with E-state index in [1.165, 1.54) is 6.92 Å². The van der Waals surface area contributed by atoms with Gasteiger partial charge in [-0.15, -0.1) is 0 Å². The van der Waals surface area contributed by atoms with Gasteiger partial charge in [0.2, 0.25) is 5.91 Å². The van der Waals surface area contributed by atoms with Gasteiger partial charge in [0.1, 0.15) is 5.60 Å². The number of nitrogens with one attached hydrogen (secondary N) is 1. The molecule has 0 spiro atoms. The lowest BCUT2D eigenvalue weighted by molar-refractivity contribution is -0.362. The number of amides is 1. The molecule has 5 nitrogen and oxygen atoms in total. The molecule has 0 aromatic heterocycles. The molecule has 0 bridgehead atoms. The maximum Gasteiger partial charge on any atom is 0.456 e. The van der Waals surface area contributed by atoms with Crippen molar-refractivity contribution in [2.75, 3.05) is 5.32 Å². The third kappa shape index (κ3) is 4.68. The Hall–Kier alpha value is -3.53. The Morgan fingerprint density at radius 2 is 1.68 bits per heavy atom. The largest absolute Gasteiger partial charge is 0.456 e. The van der Waals surface area contributed by atoms with Crippen LogP contribution in [0.1, 0.15) is 79.3 Å². The molecule has 2 aromatic rings. The van der Waals surface area contributed by atoms with Crippen molar-refractivity contribution in [2.45, 2.75) is 82.0 Å².